The third-order valence-corrected chi connectivity index (χ3v) is 4.83. The normalized spacial score (nSPS) is 10.0. The standard InChI is InChI=1S/C24H38O4.C3H6/c1-3-5-7-9-11-15-19-27-23(25)21-17-13-14-18-22(21)24(26)28-20-16-12-10-8-6-4-2;1-3-2/h13-14,17-18H,3-12,15-16,19-20H2,1-2H3;3H,1H2,2H3. The number of allylic oxidation sites excluding steroid dienone is 1. The Hall–Kier alpha value is -2.10. The van der Waals surface area contributed by atoms with E-state index >= 15 is 0 Å². The number of benzene rings is 1. The predicted octanol–water partition coefficient (Wildman–Crippen LogP) is 7.91. The highest BCUT2D eigenvalue weighted by molar-refractivity contribution is 6.03. The van der Waals surface area contributed by atoms with Gasteiger partial charge in [0, 0.05) is 0 Å². The number of esters is 2. The molecule has 1 aromatic rings. The first kappa shape index (κ1) is 28.9. The van der Waals surface area contributed by atoms with Gasteiger partial charge in [-0.05, 0) is 31.9 Å². The Bertz CT molecular complexity index is 546. The minimum Gasteiger partial charge on any atom is -0.462 e. The second-order valence-corrected chi connectivity index (χ2v) is 7.76. The van der Waals surface area contributed by atoms with Crippen molar-refractivity contribution in [3.63, 3.8) is 0 Å². The van der Waals surface area contributed by atoms with E-state index < -0.39 is 11.9 Å². The summed E-state index contributed by atoms with van der Waals surface area (Å²) >= 11 is 0. The van der Waals surface area contributed by atoms with E-state index in [-0.39, 0.29) is 0 Å². The summed E-state index contributed by atoms with van der Waals surface area (Å²) in [6, 6.07) is 6.74. The maximum atomic E-state index is 12.4. The van der Waals surface area contributed by atoms with Crippen LogP contribution in [0.25, 0.3) is 0 Å². The van der Waals surface area contributed by atoms with Crippen molar-refractivity contribution in [1.82, 2.24) is 0 Å². The molecule has 0 radical (unpaired) electrons. The van der Waals surface area contributed by atoms with Crippen LogP contribution in [0.5, 0.6) is 0 Å². The molecular weight excluding hydrogens is 388 g/mol. The molecule has 0 aromatic heterocycles. The lowest BCUT2D eigenvalue weighted by molar-refractivity contribution is 0.0450. The second-order valence-electron chi connectivity index (χ2n) is 7.76. The molecule has 0 bridgehead atoms. The lowest BCUT2D eigenvalue weighted by Crippen LogP contribution is -2.15. The zero-order valence-electron chi connectivity index (χ0n) is 20.1. The minimum atomic E-state index is -0.444. The third kappa shape index (κ3) is 15.4. The van der Waals surface area contributed by atoms with Crippen LogP contribution in [0.4, 0.5) is 0 Å². The van der Waals surface area contributed by atoms with Crippen LogP contribution in [0.2, 0.25) is 0 Å². The monoisotopic (exact) mass is 432 g/mol. The minimum absolute atomic E-state index is 0.293. The smallest absolute Gasteiger partial charge is 0.339 e. The second kappa shape index (κ2) is 21.1. The molecule has 0 aliphatic carbocycles. The molecule has 0 fully saturated rings. The topological polar surface area (TPSA) is 52.6 Å². The molecule has 1 rings (SSSR count). The maximum absolute atomic E-state index is 12.4. The zero-order valence-corrected chi connectivity index (χ0v) is 20.1. The Morgan fingerprint density at radius 3 is 1.39 bits per heavy atom. The van der Waals surface area contributed by atoms with Crippen molar-refractivity contribution < 1.29 is 19.1 Å². The molecule has 0 amide bonds. The molecule has 0 spiro atoms. The van der Waals surface area contributed by atoms with Crippen LogP contribution in [0.1, 0.15) is 119 Å². The molecule has 4 heteroatoms. The molecule has 0 aliphatic heterocycles. The number of hydrogen-bond donors (Lipinski definition) is 0. The third-order valence-electron chi connectivity index (χ3n) is 4.83. The summed E-state index contributed by atoms with van der Waals surface area (Å²) < 4.78 is 10.7. The lowest BCUT2D eigenvalue weighted by atomic mass is 10.1. The van der Waals surface area contributed by atoms with Crippen molar-refractivity contribution in [2.24, 2.45) is 0 Å². The van der Waals surface area contributed by atoms with Crippen LogP contribution in [0, 0.1) is 0 Å². The fraction of sp³-hybridized carbons (Fsp3) is 0.630. The fourth-order valence-corrected chi connectivity index (χ4v) is 3.09. The average Bonchev–Trinajstić information content (AvgIpc) is 2.78. The number of rotatable bonds is 16. The van der Waals surface area contributed by atoms with Gasteiger partial charge in [-0.3, -0.25) is 0 Å². The van der Waals surface area contributed by atoms with Crippen LogP contribution in [0.3, 0.4) is 0 Å². The molecule has 176 valence electrons. The fourth-order valence-electron chi connectivity index (χ4n) is 3.09. The van der Waals surface area contributed by atoms with Gasteiger partial charge in [0.25, 0.3) is 0 Å². The number of ether oxygens (including phenoxy) is 2. The largest absolute Gasteiger partial charge is 0.462 e. The van der Waals surface area contributed by atoms with Crippen LogP contribution < -0.4 is 0 Å². The van der Waals surface area contributed by atoms with E-state index in [1.807, 2.05) is 6.92 Å². The van der Waals surface area contributed by atoms with Crippen molar-refractivity contribution in [3.05, 3.63) is 48.0 Å². The summed E-state index contributed by atoms with van der Waals surface area (Å²) in [6.45, 7) is 10.4. The van der Waals surface area contributed by atoms with E-state index in [1.165, 1.54) is 51.4 Å². The Morgan fingerprint density at radius 2 is 1.03 bits per heavy atom. The van der Waals surface area contributed by atoms with Crippen molar-refractivity contribution in [2.75, 3.05) is 13.2 Å². The van der Waals surface area contributed by atoms with E-state index in [4.69, 9.17) is 9.47 Å². The van der Waals surface area contributed by atoms with Gasteiger partial charge in [-0.2, -0.15) is 0 Å². The molecule has 0 unspecified atom stereocenters. The van der Waals surface area contributed by atoms with Gasteiger partial charge in [0.15, 0.2) is 0 Å². The first-order valence-electron chi connectivity index (χ1n) is 12.1. The van der Waals surface area contributed by atoms with Crippen molar-refractivity contribution in [1.29, 1.82) is 0 Å². The molecule has 0 atom stereocenters. The Labute approximate surface area is 190 Å². The van der Waals surface area contributed by atoms with Gasteiger partial charge in [-0.1, -0.05) is 96.3 Å². The quantitative estimate of drug-likeness (QED) is 0.151. The van der Waals surface area contributed by atoms with E-state index in [2.05, 4.69) is 20.4 Å². The average molecular weight is 433 g/mol. The van der Waals surface area contributed by atoms with Gasteiger partial charge >= 0.3 is 11.9 Å². The lowest BCUT2D eigenvalue weighted by Gasteiger charge is -2.10. The van der Waals surface area contributed by atoms with Crippen LogP contribution in [0.15, 0.2) is 36.9 Å². The molecule has 0 aliphatic rings. The van der Waals surface area contributed by atoms with E-state index in [0.29, 0.717) is 24.3 Å². The first-order valence-corrected chi connectivity index (χ1v) is 12.1. The van der Waals surface area contributed by atoms with Gasteiger partial charge < -0.3 is 9.47 Å². The summed E-state index contributed by atoms with van der Waals surface area (Å²) in [5, 5.41) is 0. The SMILES string of the molecule is C=CC.CCCCCCCCOC(=O)c1ccccc1C(=O)OCCCCCCCC. The van der Waals surface area contributed by atoms with Gasteiger partial charge in [0.05, 0.1) is 24.3 Å². The van der Waals surface area contributed by atoms with Crippen LogP contribution in [-0.4, -0.2) is 25.2 Å². The summed E-state index contributed by atoms with van der Waals surface area (Å²) in [5.41, 5.74) is 0.586. The number of carbonyl (C=O) groups is 2. The Kier molecular flexibility index (Phi) is 19.7. The summed E-state index contributed by atoms with van der Waals surface area (Å²) in [5.74, 6) is -0.888. The zero-order chi connectivity index (χ0) is 23.2. The molecule has 4 nitrogen and oxygen atoms in total. The first-order chi connectivity index (χ1) is 15.1. The molecule has 31 heavy (non-hydrogen) atoms. The van der Waals surface area contributed by atoms with E-state index in [0.717, 1.165) is 25.7 Å². The Morgan fingerprint density at radius 1 is 0.710 bits per heavy atom. The highest BCUT2D eigenvalue weighted by Gasteiger charge is 2.18. The molecule has 1 aromatic carbocycles. The van der Waals surface area contributed by atoms with Gasteiger partial charge in [-0.25, -0.2) is 9.59 Å². The van der Waals surface area contributed by atoms with Crippen molar-refractivity contribution in [3.8, 4) is 0 Å². The summed E-state index contributed by atoms with van der Waals surface area (Å²) in [6.07, 6.45) is 15.4. The molecule has 0 saturated heterocycles. The molecule has 0 saturated carbocycles. The maximum Gasteiger partial charge on any atom is 0.339 e. The van der Waals surface area contributed by atoms with Crippen molar-refractivity contribution in [2.45, 2.75) is 97.8 Å². The number of hydrogen-bond acceptors (Lipinski definition) is 4. The Balaban J connectivity index is 0.00000282. The number of carbonyl (C=O) groups excluding carboxylic acids is 2. The van der Waals surface area contributed by atoms with E-state index in [1.54, 1.807) is 30.3 Å². The van der Waals surface area contributed by atoms with Gasteiger partial charge in [0.1, 0.15) is 0 Å². The molecular formula is C27H44O4. The molecule has 0 N–H and O–H groups in total. The van der Waals surface area contributed by atoms with Crippen LogP contribution in [-0.2, 0) is 9.47 Å². The highest BCUT2D eigenvalue weighted by Crippen LogP contribution is 2.14. The summed E-state index contributed by atoms with van der Waals surface area (Å²) in [7, 11) is 0. The van der Waals surface area contributed by atoms with Gasteiger partial charge in [0.2, 0.25) is 0 Å². The predicted molar refractivity (Wildman–Crippen MR) is 130 cm³/mol. The van der Waals surface area contributed by atoms with Crippen LogP contribution >= 0.6 is 0 Å². The number of unbranched alkanes of at least 4 members (excludes halogenated alkanes) is 10. The summed E-state index contributed by atoms with van der Waals surface area (Å²) in [4.78, 5) is 24.7. The van der Waals surface area contributed by atoms with Crippen molar-refractivity contribution >= 4 is 11.9 Å². The van der Waals surface area contributed by atoms with Gasteiger partial charge in [-0.15, -0.1) is 6.58 Å². The highest BCUT2D eigenvalue weighted by atomic mass is 16.5. The van der Waals surface area contributed by atoms with E-state index in [9.17, 15) is 9.59 Å². The molecule has 0 heterocycles.